The molecule has 11 heteroatoms. The van der Waals surface area contributed by atoms with Crippen LogP contribution >= 0.6 is 0 Å². The molecule has 0 bridgehead atoms. The molecule has 0 unspecified atom stereocenters. The number of carbonyl (C=O) groups excluding carboxylic acids is 3. The van der Waals surface area contributed by atoms with Crippen molar-refractivity contribution in [2.24, 2.45) is 0 Å². The lowest BCUT2D eigenvalue weighted by Gasteiger charge is -2.27. The van der Waals surface area contributed by atoms with Gasteiger partial charge in [-0.15, -0.1) is 0 Å². The number of nitrogens with zero attached hydrogens (tertiary/aromatic N) is 2. The van der Waals surface area contributed by atoms with E-state index in [2.05, 4.69) is 10.6 Å². The van der Waals surface area contributed by atoms with E-state index < -0.39 is 40.0 Å². The number of imide groups is 1. The number of rotatable bonds is 8. The van der Waals surface area contributed by atoms with Crippen molar-refractivity contribution in [3.05, 3.63) is 23.8 Å². The minimum absolute atomic E-state index is 0.0966. The molecule has 1 aromatic rings. The summed E-state index contributed by atoms with van der Waals surface area (Å²) < 4.78 is 32.6. The molecule has 2 fully saturated rings. The number of unbranched alkanes of at least 4 members (excludes halogenated alkanes) is 1. The second-order valence-electron chi connectivity index (χ2n) is 8.30. The zero-order valence-electron chi connectivity index (χ0n) is 18.6. The third-order valence-electron chi connectivity index (χ3n) is 5.74. The lowest BCUT2D eigenvalue weighted by molar-refractivity contribution is -0.133. The predicted octanol–water partition coefficient (Wildman–Crippen LogP) is 1.46. The van der Waals surface area contributed by atoms with E-state index >= 15 is 0 Å². The van der Waals surface area contributed by atoms with Crippen molar-refractivity contribution in [3.8, 4) is 0 Å². The molecular formula is C21H30N4O6S. The quantitative estimate of drug-likeness (QED) is 0.559. The lowest BCUT2D eigenvalue weighted by atomic mass is 9.95. The highest BCUT2D eigenvalue weighted by molar-refractivity contribution is 7.89. The number of carbonyl (C=O) groups is 3. The van der Waals surface area contributed by atoms with E-state index in [-0.39, 0.29) is 23.7 Å². The van der Waals surface area contributed by atoms with Gasteiger partial charge in [0, 0.05) is 18.8 Å². The third kappa shape index (κ3) is 4.94. The summed E-state index contributed by atoms with van der Waals surface area (Å²) in [6.07, 6.45) is 2.14. The Hall–Kier alpha value is -2.50. The molecule has 0 radical (unpaired) electrons. The van der Waals surface area contributed by atoms with Crippen LogP contribution in [0.3, 0.4) is 0 Å². The Bertz CT molecular complexity index is 1010. The molecule has 0 aromatic heterocycles. The topological polar surface area (TPSA) is 125 Å². The lowest BCUT2D eigenvalue weighted by Crippen LogP contribution is -2.44. The number of urea groups is 1. The summed E-state index contributed by atoms with van der Waals surface area (Å²) in [4.78, 5) is 38.5. The molecule has 1 atom stereocenters. The normalized spacial score (nSPS) is 22.2. The van der Waals surface area contributed by atoms with Crippen LogP contribution in [-0.2, 0) is 24.3 Å². The predicted molar refractivity (Wildman–Crippen MR) is 118 cm³/mol. The number of morpholine rings is 1. The molecule has 0 saturated carbocycles. The van der Waals surface area contributed by atoms with Crippen molar-refractivity contribution in [2.45, 2.75) is 50.5 Å². The fourth-order valence-electron chi connectivity index (χ4n) is 3.82. The number of ether oxygens (including phenoxy) is 1. The molecule has 2 N–H and O–H groups in total. The minimum Gasteiger partial charge on any atom is -0.379 e. The summed E-state index contributed by atoms with van der Waals surface area (Å²) in [5, 5.41) is 5.27. The van der Waals surface area contributed by atoms with Crippen LogP contribution in [0.25, 0.3) is 0 Å². The number of amides is 4. The number of nitrogens with one attached hydrogen (secondary N) is 2. The van der Waals surface area contributed by atoms with Crippen LogP contribution in [0, 0.1) is 6.92 Å². The first-order valence-corrected chi connectivity index (χ1v) is 12.1. The Labute approximate surface area is 188 Å². The van der Waals surface area contributed by atoms with Crippen molar-refractivity contribution < 1.29 is 27.5 Å². The largest absolute Gasteiger partial charge is 0.379 e. The monoisotopic (exact) mass is 466 g/mol. The molecule has 1 aromatic carbocycles. The molecule has 4 amide bonds. The van der Waals surface area contributed by atoms with E-state index in [1.54, 1.807) is 26.0 Å². The Morgan fingerprint density at radius 3 is 2.59 bits per heavy atom. The van der Waals surface area contributed by atoms with Gasteiger partial charge < -0.3 is 15.4 Å². The number of hydrogen-bond donors (Lipinski definition) is 2. The van der Waals surface area contributed by atoms with Crippen molar-refractivity contribution in [1.29, 1.82) is 0 Å². The van der Waals surface area contributed by atoms with Crippen molar-refractivity contribution in [2.75, 3.05) is 38.2 Å². The van der Waals surface area contributed by atoms with Crippen LogP contribution in [0.1, 0.15) is 38.7 Å². The zero-order valence-corrected chi connectivity index (χ0v) is 19.5. The fraction of sp³-hybridized carbons (Fsp3) is 0.571. The summed E-state index contributed by atoms with van der Waals surface area (Å²) in [5.41, 5.74) is -0.195. The van der Waals surface area contributed by atoms with Gasteiger partial charge in [-0.05, 0) is 38.0 Å². The van der Waals surface area contributed by atoms with Gasteiger partial charge in [-0.2, -0.15) is 4.31 Å². The highest BCUT2D eigenvalue weighted by Crippen LogP contribution is 2.26. The van der Waals surface area contributed by atoms with E-state index in [0.29, 0.717) is 25.2 Å². The average Bonchev–Trinajstić information content (AvgIpc) is 2.97. The van der Waals surface area contributed by atoms with Crippen LogP contribution in [0.2, 0.25) is 0 Å². The highest BCUT2D eigenvalue weighted by atomic mass is 32.2. The van der Waals surface area contributed by atoms with E-state index in [1.165, 1.54) is 10.4 Å². The first kappa shape index (κ1) is 24.1. The number of hydrogen-bond acceptors (Lipinski definition) is 6. The first-order chi connectivity index (χ1) is 15.1. The molecule has 10 nitrogen and oxygen atoms in total. The molecule has 2 aliphatic rings. The van der Waals surface area contributed by atoms with Gasteiger partial charge in [-0.25, -0.2) is 13.2 Å². The van der Waals surface area contributed by atoms with Gasteiger partial charge in [0.25, 0.3) is 5.91 Å². The van der Waals surface area contributed by atoms with Gasteiger partial charge in [-0.1, -0.05) is 25.8 Å². The Balaban J connectivity index is 1.71. The molecule has 32 heavy (non-hydrogen) atoms. The van der Waals surface area contributed by atoms with E-state index in [1.807, 2.05) is 6.92 Å². The summed E-state index contributed by atoms with van der Waals surface area (Å²) in [6, 6.07) is 3.99. The molecule has 0 spiro atoms. The minimum atomic E-state index is -3.74. The van der Waals surface area contributed by atoms with Crippen LogP contribution in [0.15, 0.2) is 23.1 Å². The average molecular weight is 467 g/mol. The fourth-order valence-corrected chi connectivity index (χ4v) is 5.48. The summed E-state index contributed by atoms with van der Waals surface area (Å²) in [6.45, 7) is 6.07. The van der Waals surface area contributed by atoms with Crippen LogP contribution in [-0.4, -0.2) is 73.9 Å². The molecule has 2 heterocycles. The zero-order chi connectivity index (χ0) is 23.5. The SMILES string of the molecule is CCCC[C@]1(C)NC(=O)N(CC(=O)Nc2ccc(C)c(S(=O)(=O)N3CCOCC3)c2)C1=O. The number of sulfonamides is 1. The van der Waals surface area contributed by atoms with Crippen molar-refractivity contribution >= 4 is 33.6 Å². The maximum absolute atomic E-state index is 13.0. The van der Waals surface area contributed by atoms with E-state index in [9.17, 15) is 22.8 Å². The van der Waals surface area contributed by atoms with Crippen molar-refractivity contribution in [3.63, 3.8) is 0 Å². The van der Waals surface area contributed by atoms with Crippen LogP contribution in [0.4, 0.5) is 10.5 Å². The van der Waals surface area contributed by atoms with Crippen molar-refractivity contribution in [1.82, 2.24) is 14.5 Å². The second kappa shape index (κ2) is 9.55. The molecule has 2 saturated heterocycles. The molecule has 2 aliphatic heterocycles. The third-order valence-corrected chi connectivity index (χ3v) is 7.78. The maximum Gasteiger partial charge on any atom is 0.325 e. The molecule has 0 aliphatic carbocycles. The van der Waals surface area contributed by atoms with Gasteiger partial charge in [0.2, 0.25) is 15.9 Å². The van der Waals surface area contributed by atoms with Gasteiger partial charge in [0.15, 0.2) is 0 Å². The maximum atomic E-state index is 13.0. The second-order valence-corrected chi connectivity index (χ2v) is 10.2. The summed E-state index contributed by atoms with van der Waals surface area (Å²) in [7, 11) is -3.74. The van der Waals surface area contributed by atoms with Crippen LogP contribution in [0.5, 0.6) is 0 Å². The Morgan fingerprint density at radius 1 is 1.25 bits per heavy atom. The van der Waals surface area contributed by atoms with Gasteiger partial charge in [0.05, 0.1) is 18.1 Å². The standard InChI is InChI=1S/C21H30N4O6S/c1-4-5-8-21(3)19(27)25(20(28)23-21)14-18(26)22-16-7-6-15(2)17(13-16)32(29,30)24-9-11-31-12-10-24/h6-7,13H,4-5,8-12,14H2,1-3H3,(H,22,26)(H,23,28)/t21-/m0/s1. The number of benzene rings is 1. The van der Waals surface area contributed by atoms with Gasteiger partial charge in [0.1, 0.15) is 12.1 Å². The van der Waals surface area contributed by atoms with E-state index in [4.69, 9.17) is 4.74 Å². The first-order valence-electron chi connectivity index (χ1n) is 10.7. The van der Waals surface area contributed by atoms with Crippen LogP contribution < -0.4 is 10.6 Å². The smallest absolute Gasteiger partial charge is 0.325 e. The number of anilines is 1. The Kier molecular flexibility index (Phi) is 7.21. The summed E-state index contributed by atoms with van der Waals surface area (Å²) in [5.74, 6) is -1.03. The number of aryl methyl sites for hydroxylation is 1. The Morgan fingerprint density at radius 2 is 1.94 bits per heavy atom. The molecule has 3 rings (SSSR count). The van der Waals surface area contributed by atoms with E-state index in [0.717, 1.165) is 17.7 Å². The summed E-state index contributed by atoms with van der Waals surface area (Å²) >= 11 is 0. The molecular weight excluding hydrogens is 436 g/mol. The van der Waals surface area contributed by atoms with Gasteiger partial charge >= 0.3 is 6.03 Å². The van der Waals surface area contributed by atoms with Gasteiger partial charge in [-0.3, -0.25) is 14.5 Å². The molecule has 176 valence electrons. The highest BCUT2D eigenvalue weighted by Gasteiger charge is 2.47.